The molecule has 178 valence electrons. The van der Waals surface area contributed by atoms with Crippen LogP contribution in [0, 0.1) is 0 Å². The summed E-state index contributed by atoms with van der Waals surface area (Å²) in [5, 5.41) is 0.553. The summed E-state index contributed by atoms with van der Waals surface area (Å²) in [5.74, 6) is 1.51. The van der Waals surface area contributed by atoms with Crippen molar-refractivity contribution in [2.75, 3.05) is 33.0 Å². The van der Waals surface area contributed by atoms with E-state index in [1.165, 1.54) is 22.2 Å². The summed E-state index contributed by atoms with van der Waals surface area (Å²) in [6.45, 7) is 3.87. The second-order valence-electron chi connectivity index (χ2n) is 8.72. The van der Waals surface area contributed by atoms with Crippen LogP contribution < -0.4 is 15.0 Å². The van der Waals surface area contributed by atoms with Crippen molar-refractivity contribution in [3.8, 4) is 21.9 Å². The number of hydrogen-bond acceptors (Lipinski definition) is 7. The quantitative estimate of drug-likeness (QED) is 0.430. The predicted octanol–water partition coefficient (Wildman–Crippen LogP) is 3.20. The molecule has 0 spiro atoms. The molecule has 35 heavy (non-hydrogen) atoms. The molecule has 1 fully saturated rings. The summed E-state index contributed by atoms with van der Waals surface area (Å²) in [4.78, 5) is 36.3. The Bertz CT molecular complexity index is 1440. The highest BCUT2D eigenvalue weighted by molar-refractivity contribution is 7.21. The van der Waals surface area contributed by atoms with Crippen LogP contribution >= 0.6 is 11.3 Å². The van der Waals surface area contributed by atoms with Crippen molar-refractivity contribution in [1.29, 1.82) is 0 Å². The number of benzene rings is 2. The number of rotatable bonds is 5. The van der Waals surface area contributed by atoms with Crippen LogP contribution in [0.3, 0.4) is 0 Å². The summed E-state index contributed by atoms with van der Waals surface area (Å²) in [5.41, 5.74) is 2.03. The Morgan fingerprint density at radius 3 is 2.60 bits per heavy atom. The van der Waals surface area contributed by atoms with Gasteiger partial charge in [0.1, 0.15) is 11.4 Å². The summed E-state index contributed by atoms with van der Waals surface area (Å²) >= 11 is 1.49. The number of amides is 1. The molecule has 0 bridgehead atoms. The molecular formula is C26H24N4O4S. The van der Waals surface area contributed by atoms with Crippen LogP contribution in [0.15, 0.2) is 65.7 Å². The molecule has 0 saturated carbocycles. The number of ether oxygens (including phenoxy) is 2. The number of carbonyl (C=O) groups excluding carboxylic acids is 1. The molecule has 4 aromatic rings. The molecule has 0 N–H and O–H groups in total. The monoisotopic (exact) mass is 488 g/mol. The van der Waals surface area contributed by atoms with Crippen molar-refractivity contribution < 1.29 is 14.3 Å². The molecule has 9 heteroatoms. The lowest BCUT2D eigenvalue weighted by molar-refractivity contribution is -0.133. The van der Waals surface area contributed by atoms with Gasteiger partial charge in [-0.25, -0.2) is 4.98 Å². The second kappa shape index (κ2) is 9.16. The Kier molecular flexibility index (Phi) is 5.71. The minimum absolute atomic E-state index is 0.000448. The molecule has 2 aromatic heterocycles. The summed E-state index contributed by atoms with van der Waals surface area (Å²) in [6, 6.07) is 17.8. The van der Waals surface area contributed by atoms with E-state index in [2.05, 4.69) is 9.88 Å². The molecule has 0 unspecified atom stereocenters. The highest BCUT2D eigenvalue weighted by Gasteiger charge is 2.23. The molecule has 8 nitrogen and oxygen atoms in total. The normalized spacial score (nSPS) is 15.6. The second-order valence-corrected chi connectivity index (χ2v) is 9.75. The van der Waals surface area contributed by atoms with Crippen molar-refractivity contribution in [2.45, 2.75) is 13.1 Å². The number of carbonyl (C=O) groups is 1. The minimum atomic E-state index is -0.178. The minimum Gasteiger partial charge on any atom is -0.454 e. The molecule has 4 heterocycles. The first kappa shape index (κ1) is 21.8. The lowest BCUT2D eigenvalue weighted by atomic mass is 10.1. The van der Waals surface area contributed by atoms with Crippen molar-refractivity contribution >= 4 is 27.5 Å². The van der Waals surface area contributed by atoms with Gasteiger partial charge in [-0.3, -0.25) is 19.1 Å². The first-order valence-corrected chi connectivity index (χ1v) is 12.4. The Morgan fingerprint density at radius 1 is 0.971 bits per heavy atom. The van der Waals surface area contributed by atoms with Crippen molar-refractivity contribution in [1.82, 2.24) is 19.4 Å². The van der Waals surface area contributed by atoms with Gasteiger partial charge >= 0.3 is 0 Å². The number of fused-ring (bicyclic) bond motifs is 2. The zero-order valence-electron chi connectivity index (χ0n) is 19.1. The third kappa shape index (κ3) is 4.40. The number of hydrogen-bond donors (Lipinski definition) is 0. The molecule has 0 atom stereocenters. The van der Waals surface area contributed by atoms with Gasteiger partial charge in [-0.1, -0.05) is 36.4 Å². The van der Waals surface area contributed by atoms with Gasteiger partial charge in [0.25, 0.3) is 5.56 Å². The van der Waals surface area contributed by atoms with Gasteiger partial charge in [0, 0.05) is 37.6 Å². The van der Waals surface area contributed by atoms with Crippen molar-refractivity contribution in [3.05, 3.63) is 76.8 Å². The molecule has 2 aromatic carbocycles. The fraction of sp³-hybridized carbons (Fsp3) is 0.269. The standard InChI is InChI=1S/C26H24N4O4S/c31-24(29-10-8-28(9-11-29)14-18-6-7-21-22(12-18)34-17-33-21)15-30-16-27-25-20(26(30)32)13-23(35-25)19-4-2-1-3-5-19/h1-7,12-13,16H,8-11,14-15,17H2. The van der Waals surface area contributed by atoms with Gasteiger partial charge in [-0.15, -0.1) is 11.3 Å². The highest BCUT2D eigenvalue weighted by atomic mass is 32.1. The van der Waals surface area contributed by atoms with Crippen LogP contribution in [-0.2, 0) is 17.9 Å². The Labute approximate surface area is 205 Å². The number of aromatic nitrogens is 2. The van der Waals surface area contributed by atoms with Gasteiger partial charge in [0.05, 0.1) is 11.7 Å². The third-order valence-electron chi connectivity index (χ3n) is 6.45. The Morgan fingerprint density at radius 2 is 1.77 bits per heavy atom. The topological polar surface area (TPSA) is 76.9 Å². The maximum Gasteiger partial charge on any atom is 0.262 e. The van der Waals surface area contributed by atoms with Gasteiger partial charge in [-0.05, 0) is 29.3 Å². The van der Waals surface area contributed by atoms with Crippen LogP contribution in [-0.4, -0.2) is 58.2 Å². The van der Waals surface area contributed by atoms with Crippen LogP contribution in [0.1, 0.15) is 5.56 Å². The van der Waals surface area contributed by atoms with Crippen molar-refractivity contribution in [3.63, 3.8) is 0 Å². The molecular weight excluding hydrogens is 464 g/mol. The fourth-order valence-corrected chi connectivity index (χ4v) is 5.51. The van der Waals surface area contributed by atoms with E-state index in [0.717, 1.165) is 47.1 Å². The van der Waals surface area contributed by atoms with E-state index in [9.17, 15) is 9.59 Å². The van der Waals surface area contributed by atoms with Gasteiger partial charge < -0.3 is 14.4 Å². The zero-order chi connectivity index (χ0) is 23.8. The molecule has 6 rings (SSSR count). The first-order chi connectivity index (χ1) is 17.1. The molecule has 0 radical (unpaired) electrons. The summed E-state index contributed by atoms with van der Waals surface area (Å²) in [6.07, 6.45) is 1.49. The van der Waals surface area contributed by atoms with E-state index < -0.39 is 0 Å². The zero-order valence-corrected chi connectivity index (χ0v) is 19.9. The smallest absolute Gasteiger partial charge is 0.262 e. The van der Waals surface area contributed by atoms with E-state index in [1.54, 1.807) is 0 Å². The third-order valence-corrected chi connectivity index (χ3v) is 7.54. The molecule has 2 aliphatic heterocycles. The summed E-state index contributed by atoms with van der Waals surface area (Å²) in [7, 11) is 0. The van der Waals surface area contributed by atoms with Gasteiger partial charge in [-0.2, -0.15) is 0 Å². The SMILES string of the molecule is O=C(Cn1cnc2sc(-c3ccccc3)cc2c1=O)N1CCN(Cc2ccc3c(c2)OCO3)CC1. The molecule has 1 amide bonds. The van der Waals surface area contributed by atoms with Gasteiger partial charge in [0.15, 0.2) is 11.5 Å². The molecule has 2 aliphatic rings. The Hall–Kier alpha value is -3.69. The average Bonchev–Trinajstić information content (AvgIpc) is 3.54. The fourth-order valence-electron chi connectivity index (χ4n) is 4.52. The number of thiophene rings is 1. The van der Waals surface area contributed by atoms with E-state index in [0.29, 0.717) is 23.3 Å². The van der Waals surface area contributed by atoms with E-state index >= 15 is 0 Å². The maximum atomic E-state index is 13.1. The van der Waals surface area contributed by atoms with Crippen LogP contribution in [0.25, 0.3) is 20.7 Å². The highest BCUT2D eigenvalue weighted by Crippen LogP contribution is 2.33. The van der Waals surface area contributed by atoms with E-state index in [1.807, 2.05) is 59.5 Å². The average molecular weight is 489 g/mol. The van der Waals surface area contributed by atoms with E-state index in [-0.39, 0.29) is 24.8 Å². The summed E-state index contributed by atoms with van der Waals surface area (Å²) < 4.78 is 12.3. The lowest BCUT2D eigenvalue weighted by Gasteiger charge is -2.34. The van der Waals surface area contributed by atoms with Crippen LogP contribution in [0.5, 0.6) is 11.5 Å². The first-order valence-electron chi connectivity index (χ1n) is 11.6. The van der Waals surface area contributed by atoms with Crippen molar-refractivity contribution in [2.24, 2.45) is 0 Å². The lowest BCUT2D eigenvalue weighted by Crippen LogP contribution is -2.49. The molecule has 1 saturated heterocycles. The Balaban J connectivity index is 1.09. The van der Waals surface area contributed by atoms with Crippen LogP contribution in [0.4, 0.5) is 0 Å². The largest absolute Gasteiger partial charge is 0.454 e. The predicted molar refractivity (Wildman–Crippen MR) is 134 cm³/mol. The maximum absolute atomic E-state index is 13.1. The van der Waals surface area contributed by atoms with Gasteiger partial charge in [0.2, 0.25) is 12.7 Å². The van der Waals surface area contributed by atoms with E-state index in [4.69, 9.17) is 9.47 Å². The molecule has 0 aliphatic carbocycles. The number of nitrogens with zero attached hydrogens (tertiary/aromatic N) is 4. The number of piperazine rings is 1. The van der Waals surface area contributed by atoms with Crippen LogP contribution in [0.2, 0.25) is 0 Å².